The van der Waals surface area contributed by atoms with E-state index in [-0.39, 0.29) is 0 Å². The minimum atomic E-state index is -0.574. The first-order chi connectivity index (χ1) is 8.02. The largest absolute Gasteiger partial charge is 0.382 e. The molecule has 2 rings (SSSR count). The van der Waals surface area contributed by atoms with E-state index in [9.17, 15) is 5.11 Å². The summed E-state index contributed by atoms with van der Waals surface area (Å²) < 4.78 is 1.09. The quantitative estimate of drug-likeness (QED) is 0.804. The fourth-order valence-corrected chi connectivity index (χ4v) is 2.68. The minimum absolute atomic E-state index is 0.574. The Labute approximate surface area is 115 Å². The van der Waals surface area contributed by atoms with Crippen molar-refractivity contribution in [3.63, 3.8) is 0 Å². The van der Waals surface area contributed by atoms with Crippen molar-refractivity contribution >= 4 is 22.6 Å². The monoisotopic (exact) mass is 341 g/mol. The van der Waals surface area contributed by atoms with Gasteiger partial charge in [-0.05, 0) is 66.1 Å². The van der Waals surface area contributed by atoms with Crippen LogP contribution in [0, 0.1) is 24.3 Å². The number of benzene rings is 1. The SMILES string of the molecule is Cc1[nH]c(C(O)c2ccccc2I)c(C)c1C. The number of hydrogen-bond acceptors (Lipinski definition) is 1. The van der Waals surface area contributed by atoms with Gasteiger partial charge in [-0.2, -0.15) is 0 Å². The maximum absolute atomic E-state index is 10.5. The zero-order chi connectivity index (χ0) is 12.6. The van der Waals surface area contributed by atoms with Gasteiger partial charge in [-0.1, -0.05) is 18.2 Å². The molecule has 1 aromatic carbocycles. The molecule has 0 amide bonds. The molecule has 0 aliphatic rings. The molecule has 3 heteroatoms. The molecular weight excluding hydrogens is 325 g/mol. The molecule has 1 aromatic heterocycles. The van der Waals surface area contributed by atoms with Crippen LogP contribution in [0.15, 0.2) is 24.3 Å². The van der Waals surface area contributed by atoms with E-state index in [1.165, 1.54) is 5.56 Å². The summed E-state index contributed by atoms with van der Waals surface area (Å²) in [7, 11) is 0. The summed E-state index contributed by atoms with van der Waals surface area (Å²) in [6.45, 7) is 6.16. The fraction of sp³-hybridized carbons (Fsp3) is 0.286. The number of nitrogens with one attached hydrogen (secondary N) is 1. The van der Waals surface area contributed by atoms with E-state index in [0.717, 1.165) is 26.1 Å². The first-order valence-electron chi connectivity index (χ1n) is 5.60. The molecular formula is C14H16INO. The summed E-state index contributed by atoms with van der Waals surface area (Å²) >= 11 is 2.26. The van der Waals surface area contributed by atoms with Gasteiger partial charge < -0.3 is 10.1 Å². The van der Waals surface area contributed by atoms with Gasteiger partial charge in [0.1, 0.15) is 6.10 Å². The number of halogens is 1. The lowest BCUT2D eigenvalue weighted by molar-refractivity contribution is 0.214. The summed E-state index contributed by atoms with van der Waals surface area (Å²) in [6.07, 6.45) is -0.574. The molecule has 1 heterocycles. The lowest BCUT2D eigenvalue weighted by atomic mass is 10.0. The molecule has 0 aliphatic carbocycles. The molecule has 90 valence electrons. The summed E-state index contributed by atoms with van der Waals surface area (Å²) in [4.78, 5) is 3.28. The molecule has 0 bridgehead atoms. The Balaban J connectivity index is 2.48. The van der Waals surface area contributed by atoms with E-state index < -0.39 is 6.10 Å². The van der Waals surface area contributed by atoms with Crippen LogP contribution in [0.25, 0.3) is 0 Å². The topological polar surface area (TPSA) is 36.0 Å². The molecule has 0 saturated heterocycles. The molecule has 1 unspecified atom stereocenters. The van der Waals surface area contributed by atoms with Crippen LogP contribution in [0.2, 0.25) is 0 Å². The van der Waals surface area contributed by atoms with Gasteiger partial charge in [0.2, 0.25) is 0 Å². The first-order valence-corrected chi connectivity index (χ1v) is 6.68. The molecule has 2 nitrogen and oxygen atoms in total. The number of rotatable bonds is 2. The fourth-order valence-electron chi connectivity index (χ4n) is 2.00. The summed E-state index contributed by atoms with van der Waals surface area (Å²) in [6, 6.07) is 7.92. The Bertz CT molecular complexity index is 545. The number of H-pyrrole nitrogens is 1. The Morgan fingerprint density at radius 3 is 2.29 bits per heavy atom. The molecule has 0 aliphatic heterocycles. The van der Waals surface area contributed by atoms with Crippen LogP contribution in [0.3, 0.4) is 0 Å². The van der Waals surface area contributed by atoms with E-state index in [0.29, 0.717) is 0 Å². The Morgan fingerprint density at radius 2 is 1.76 bits per heavy atom. The Morgan fingerprint density at radius 1 is 1.12 bits per heavy atom. The number of aromatic amines is 1. The van der Waals surface area contributed by atoms with E-state index in [1.807, 2.05) is 38.1 Å². The van der Waals surface area contributed by atoms with Crippen molar-refractivity contribution in [2.45, 2.75) is 26.9 Å². The smallest absolute Gasteiger partial charge is 0.120 e. The van der Waals surface area contributed by atoms with Crippen LogP contribution in [0.5, 0.6) is 0 Å². The van der Waals surface area contributed by atoms with Gasteiger partial charge in [-0.15, -0.1) is 0 Å². The number of aryl methyl sites for hydroxylation is 1. The van der Waals surface area contributed by atoms with E-state index in [4.69, 9.17) is 0 Å². The van der Waals surface area contributed by atoms with Crippen molar-refractivity contribution in [3.8, 4) is 0 Å². The van der Waals surface area contributed by atoms with Gasteiger partial charge in [-0.3, -0.25) is 0 Å². The second-order valence-corrected chi connectivity index (χ2v) is 5.50. The summed E-state index contributed by atoms with van der Waals surface area (Å²) in [5.41, 5.74) is 5.36. The summed E-state index contributed by atoms with van der Waals surface area (Å²) in [5, 5.41) is 10.5. The zero-order valence-electron chi connectivity index (χ0n) is 10.2. The van der Waals surface area contributed by atoms with Crippen LogP contribution in [-0.2, 0) is 0 Å². The van der Waals surface area contributed by atoms with Gasteiger partial charge in [0, 0.05) is 9.26 Å². The number of aromatic nitrogens is 1. The van der Waals surface area contributed by atoms with E-state index in [2.05, 4.69) is 34.5 Å². The maximum atomic E-state index is 10.5. The molecule has 0 saturated carbocycles. The molecule has 0 spiro atoms. The highest BCUT2D eigenvalue weighted by Gasteiger charge is 2.18. The van der Waals surface area contributed by atoms with Crippen molar-refractivity contribution in [2.75, 3.05) is 0 Å². The van der Waals surface area contributed by atoms with Crippen molar-refractivity contribution < 1.29 is 5.11 Å². The van der Waals surface area contributed by atoms with E-state index in [1.54, 1.807) is 0 Å². The average molecular weight is 341 g/mol. The average Bonchev–Trinajstić information content (AvgIpc) is 2.57. The van der Waals surface area contributed by atoms with E-state index >= 15 is 0 Å². The van der Waals surface area contributed by atoms with Crippen molar-refractivity contribution in [1.29, 1.82) is 0 Å². The molecule has 2 aromatic rings. The van der Waals surface area contributed by atoms with Crippen molar-refractivity contribution in [2.24, 2.45) is 0 Å². The second-order valence-electron chi connectivity index (χ2n) is 4.34. The van der Waals surface area contributed by atoms with Gasteiger partial charge in [0.05, 0.1) is 5.69 Å². The minimum Gasteiger partial charge on any atom is -0.382 e. The predicted octanol–water partition coefficient (Wildman–Crippen LogP) is 3.63. The number of hydrogen-bond donors (Lipinski definition) is 2. The first kappa shape index (κ1) is 12.6. The molecule has 0 radical (unpaired) electrons. The van der Waals surface area contributed by atoms with Crippen molar-refractivity contribution in [3.05, 3.63) is 55.9 Å². The third-order valence-electron chi connectivity index (χ3n) is 3.32. The standard InChI is InChI=1S/C14H16INO/c1-8-9(2)13(16-10(8)3)14(17)11-6-4-5-7-12(11)15/h4-7,14,16-17H,1-3H3. The Hall–Kier alpha value is -0.810. The van der Waals surface area contributed by atoms with Crippen LogP contribution < -0.4 is 0 Å². The number of aliphatic hydroxyl groups excluding tert-OH is 1. The molecule has 17 heavy (non-hydrogen) atoms. The predicted molar refractivity (Wildman–Crippen MR) is 78.2 cm³/mol. The molecule has 2 N–H and O–H groups in total. The highest BCUT2D eigenvalue weighted by atomic mass is 127. The highest BCUT2D eigenvalue weighted by molar-refractivity contribution is 14.1. The normalized spacial score (nSPS) is 12.8. The van der Waals surface area contributed by atoms with Gasteiger partial charge >= 0.3 is 0 Å². The third-order valence-corrected chi connectivity index (χ3v) is 4.31. The van der Waals surface area contributed by atoms with Crippen LogP contribution >= 0.6 is 22.6 Å². The molecule has 1 atom stereocenters. The van der Waals surface area contributed by atoms with Gasteiger partial charge in [0.25, 0.3) is 0 Å². The zero-order valence-corrected chi connectivity index (χ0v) is 12.4. The number of aliphatic hydroxyl groups is 1. The van der Waals surface area contributed by atoms with Crippen LogP contribution in [0.1, 0.15) is 34.2 Å². The van der Waals surface area contributed by atoms with Crippen molar-refractivity contribution in [1.82, 2.24) is 4.98 Å². The van der Waals surface area contributed by atoms with Gasteiger partial charge in [0.15, 0.2) is 0 Å². The van der Waals surface area contributed by atoms with Crippen LogP contribution in [-0.4, -0.2) is 10.1 Å². The third kappa shape index (κ3) is 2.26. The summed E-state index contributed by atoms with van der Waals surface area (Å²) in [5.74, 6) is 0. The van der Waals surface area contributed by atoms with Crippen LogP contribution in [0.4, 0.5) is 0 Å². The Kier molecular flexibility index (Phi) is 3.58. The lowest BCUT2D eigenvalue weighted by Gasteiger charge is -2.13. The maximum Gasteiger partial charge on any atom is 0.120 e. The second kappa shape index (κ2) is 4.82. The highest BCUT2D eigenvalue weighted by Crippen LogP contribution is 2.29. The molecule has 0 fully saturated rings. The lowest BCUT2D eigenvalue weighted by Crippen LogP contribution is -2.04. The van der Waals surface area contributed by atoms with Gasteiger partial charge in [-0.25, -0.2) is 0 Å².